The smallest absolute Gasteiger partial charge is 0.195 e. The lowest BCUT2D eigenvalue weighted by Crippen LogP contribution is -3.03. The topological polar surface area (TPSA) is 73.8 Å². The molecule has 6 nitrogen and oxygen atoms in total. The van der Waals surface area contributed by atoms with E-state index in [9.17, 15) is 5.11 Å². The molecule has 0 spiro atoms. The minimum Gasteiger partial charge on any atom is -0.386 e. The van der Waals surface area contributed by atoms with Crippen molar-refractivity contribution in [1.29, 1.82) is 0 Å². The summed E-state index contributed by atoms with van der Waals surface area (Å²) < 4.78 is 23.6. The van der Waals surface area contributed by atoms with Gasteiger partial charge in [0, 0.05) is 20.1 Å². The van der Waals surface area contributed by atoms with Crippen molar-refractivity contribution in [1.82, 2.24) is 0 Å². The molecule has 2 saturated heterocycles. The third kappa shape index (κ3) is 3.41. The number of hydrogen-bond acceptors (Lipinski definition) is 5. The zero-order chi connectivity index (χ0) is 17.3. The largest absolute Gasteiger partial charge is 0.386 e. The Hall–Kier alpha value is -0.500. The van der Waals surface area contributed by atoms with Gasteiger partial charge in [0.25, 0.3) is 0 Å². The van der Waals surface area contributed by atoms with Crippen molar-refractivity contribution < 1.29 is 29.4 Å². The number of hydrogen-bond donors (Lipinski definition) is 2. The number of quaternary nitrogens is 1. The predicted molar refractivity (Wildman–Crippen MR) is 88.4 cm³/mol. The number of nitrogens with two attached hydrogens (primary N) is 1. The summed E-state index contributed by atoms with van der Waals surface area (Å²) in [5.74, 6) is 0.922. The fourth-order valence-electron chi connectivity index (χ4n) is 4.75. The molecule has 3 rings (SSSR count). The highest BCUT2D eigenvalue weighted by Gasteiger charge is 2.56. The van der Waals surface area contributed by atoms with Gasteiger partial charge in [0.15, 0.2) is 6.23 Å². The Morgan fingerprint density at radius 3 is 2.62 bits per heavy atom. The first-order valence-corrected chi connectivity index (χ1v) is 9.04. The first kappa shape index (κ1) is 18.3. The summed E-state index contributed by atoms with van der Waals surface area (Å²) in [5.41, 5.74) is 0.725. The first-order valence-electron chi connectivity index (χ1n) is 9.04. The Balaban J connectivity index is 1.69. The van der Waals surface area contributed by atoms with Crippen molar-refractivity contribution in [2.75, 3.05) is 27.4 Å². The zero-order valence-corrected chi connectivity index (χ0v) is 15.0. The van der Waals surface area contributed by atoms with Gasteiger partial charge in [0.05, 0.1) is 37.4 Å². The second kappa shape index (κ2) is 7.81. The summed E-state index contributed by atoms with van der Waals surface area (Å²) >= 11 is 0. The fourth-order valence-corrected chi connectivity index (χ4v) is 4.75. The maximum Gasteiger partial charge on any atom is 0.195 e. The Kier molecular flexibility index (Phi) is 5.95. The van der Waals surface area contributed by atoms with Gasteiger partial charge in [-0.3, -0.25) is 0 Å². The van der Waals surface area contributed by atoms with E-state index in [4.69, 9.17) is 18.9 Å². The van der Waals surface area contributed by atoms with Gasteiger partial charge in [-0.1, -0.05) is 6.58 Å². The van der Waals surface area contributed by atoms with Crippen LogP contribution in [0, 0.1) is 11.8 Å². The average molecular weight is 342 g/mol. The molecule has 6 heteroatoms. The van der Waals surface area contributed by atoms with Crippen molar-refractivity contribution >= 4 is 0 Å². The number of ether oxygens (including phenoxy) is 4. The van der Waals surface area contributed by atoms with Gasteiger partial charge in [-0.2, -0.15) is 0 Å². The molecule has 1 aliphatic carbocycles. The van der Waals surface area contributed by atoms with E-state index in [1.165, 1.54) is 0 Å². The maximum atomic E-state index is 9.94. The van der Waals surface area contributed by atoms with Gasteiger partial charge in [-0.05, 0) is 31.8 Å². The molecule has 8 atom stereocenters. The van der Waals surface area contributed by atoms with Gasteiger partial charge in [-0.25, -0.2) is 0 Å². The third-order valence-electron chi connectivity index (χ3n) is 6.05. The maximum absolute atomic E-state index is 9.94. The molecule has 2 heterocycles. The van der Waals surface area contributed by atoms with Crippen LogP contribution in [-0.2, 0) is 18.9 Å². The molecule has 3 aliphatic rings. The molecule has 0 aromatic carbocycles. The molecule has 3 N–H and O–H groups in total. The lowest BCUT2D eigenvalue weighted by Gasteiger charge is -2.48. The molecule has 1 saturated carbocycles. The van der Waals surface area contributed by atoms with Crippen molar-refractivity contribution in [2.24, 2.45) is 11.8 Å². The van der Waals surface area contributed by atoms with Crippen LogP contribution in [-0.4, -0.2) is 69.2 Å². The molecule has 3 fully saturated rings. The molecule has 2 aliphatic heterocycles. The van der Waals surface area contributed by atoms with Crippen molar-refractivity contribution in [3.05, 3.63) is 12.2 Å². The summed E-state index contributed by atoms with van der Waals surface area (Å²) in [6, 6.07) is 0.264. The van der Waals surface area contributed by atoms with Crippen LogP contribution in [0.25, 0.3) is 0 Å². The van der Waals surface area contributed by atoms with Crippen LogP contribution in [0.15, 0.2) is 12.2 Å². The van der Waals surface area contributed by atoms with Crippen LogP contribution in [0.3, 0.4) is 0 Å². The highest BCUT2D eigenvalue weighted by molar-refractivity contribution is 4.99. The number of aliphatic hydroxyl groups excluding tert-OH is 1. The predicted octanol–water partition coefficient (Wildman–Crippen LogP) is 0.0568. The molecule has 7 unspecified atom stereocenters. The fraction of sp³-hybridized carbons (Fsp3) is 0.889. The van der Waals surface area contributed by atoms with E-state index in [1.807, 2.05) is 14.0 Å². The van der Waals surface area contributed by atoms with Gasteiger partial charge in [0.2, 0.25) is 0 Å². The highest BCUT2D eigenvalue weighted by atomic mass is 16.5. The molecular weight excluding hydrogens is 310 g/mol. The molecule has 0 amide bonds. The Morgan fingerprint density at radius 2 is 1.96 bits per heavy atom. The van der Waals surface area contributed by atoms with Gasteiger partial charge < -0.3 is 29.4 Å². The second-order valence-corrected chi connectivity index (χ2v) is 7.43. The summed E-state index contributed by atoms with van der Waals surface area (Å²) in [5, 5.41) is 12.3. The van der Waals surface area contributed by atoms with Crippen LogP contribution < -0.4 is 5.32 Å². The standard InChI is InChI=1S/C18H31NO5/c1-10(2)13(20)9-24-14-6-5-11-15(17(14)22-4)19-18-12(7-8-23-18)16(11)21-3/h11-20H,1,5-9H2,2-4H3/p+1/t11?,12?,13-,14?,15?,16?,17?,18?/m1/s1. The van der Waals surface area contributed by atoms with Gasteiger partial charge in [0.1, 0.15) is 12.1 Å². The van der Waals surface area contributed by atoms with E-state index in [-0.39, 0.29) is 37.2 Å². The van der Waals surface area contributed by atoms with Crippen molar-refractivity contribution in [3.63, 3.8) is 0 Å². The molecule has 0 radical (unpaired) electrons. The van der Waals surface area contributed by atoms with Gasteiger partial charge in [-0.15, -0.1) is 0 Å². The Bertz CT molecular complexity index is 445. The van der Waals surface area contributed by atoms with Crippen LogP contribution in [0.1, 0.15) is 26.2 Å². The molecule has 0 aromatic heterocycles. The third-order valence-corrected chi connectivity index (χ3v) is 6.05. The van der Waals surface area contributed by atoms with E-state index >= 15 is 0 Å². The van der Waals surface area contributed by atoms with Crippen molar-refractivity contribution in [3.8, 4) is 0 Å². The minimum atomic E-state index is -0.621. The molecular formula is C18H32NO5+. The molecule has 0 aromatic rings. The molecule has 0 bridgehead atoms. The second-order valence-electron chi connectivity index (χ2n) is 7.43. The lowest BCUT2D eigenvalue weighted by atomic mass is 9.70. The summed E-state index contributed by atoms with van der Waals surface area (Å²) in [6.45, 7) is 6.68. The van der Waals surface area contributed by atoms with E-state index < -0.39 is 6.10 Å². The van der Waals surface area contributed by atoms with Crippen LogP contribution in [0.5, 0.6) is 0 Å². The zero-order valence-electron chi connectivity index (χ0n) is 15.0. The van der Waals surface area contributed by atoms with E-state index in [1.54, 1.807) is 7.11 Å². The highest BCUT2D eigenvalue weighted by Crippen LogP contribution is 2.39. The number of fused-ring (bicyclic) bond motifs is 2. The first-order chi connectivity index (χ1) is 11.6. The number of methoxy groups -OCH3 is 2. The number of rotatable bonds is 6. The minimum absolute atomic E-state index is 0.0167. The van der Waals surface area contributed by atoms with Gasteiger partial charge >= 0.3 is 0 Å². The van der Waals surface area contributed by atoms with E-state index in [2.05, 4.69) is 11.9 Å². The quantitative estimate of drug-likeness (QED) is 0.668. The number of piperidine rings is 1. The normalized spacial score (nSPS) is 43.1. The monoisotopic (exact) mass is 342 g/mol. The van der Waals surface area contributed by atoms with Crippen LogP contribution in [0.4, 0.5) is 0 Å². The molecule has 138 valence electrons. The lowest BCUT2D eigenvalue weighted by molar-refractivity contribution is -0.783. The van der Waals surface area contributed by atoms with E-state index in [0.29, 0.717) is 11.8 Å². The Labute approximate surface area is 144 Å². The van der Waals surface area contributed by atoms with Crippen LogP contribution >= 0.6 is 0 Å². The summed E-state index contributed by atoms with van der Waals surface area (Å²) in [6.07, 6.45) is 2.78. The SMILES string of the molecule is C=C(C)[C@H](O)COC1CCC2C([NH2+]C3OCCC3C2OC)C1OC. The van der Waals surface area contributed by atoms with Crippen LogP contribution in [0.2, 0.25) is 0 Å². The summed E-state index contributed by atoms with van der Waals surface area (Å²) in [7, 11) is 3.56. The molecule has 24 heavy (non-hydrogen) atoms. The Morgan fingerprint density at radius 1 is 1.21 bits per heavy atom. The average Bonchev–Trinajstić information content (AvgIpc) is 3.04. The van der Waals surface area contributed by atoms with Crippen molar-refractivity contribution in [2.45, 2.75) is 62.9 Å². The number of aliphatic hydroxyl groups is 1. The van der Waals surface area contributed by atoms with E-state index in [0.717, 1.165) is 31.4 Å². The summed E-state index contributed by atoms with van der Waals surface area (Å²) in [4.78, 5) is 0.